The largest absolute Gasteiger partial charge is 0.478 e. The topological polar surface area (TPSA) is 21.7 Å². The minimum Gasteiger partial charge on any atom is -0.478 e. The zero-order chi connectivity index (χ0) is 8.67. The molecule has 68 valence electrons. The smallest absolute Gasteiger partial charge is 0.144 e. The first-order valence-corrected chi connectivity index (χ1v) is 4.52. The number of hydrogen-bond acceptors (Lipinski definition) is 3. The molecule has 0 unspecified atom stereocenters. The molecule has 1 fully saturated rings. The normalized spacial score (nSPS) is 26.3. The maximum atomic E-state index is 5.63. The van der Waals surface area contributed by atoms with Crippen molar-refractivity contribution in [2.75, 3.05) is 19.9 Å². The fourth-order valence-electron chi connectivity index (χ4n) is 1.89. The molecule has 3 heteroatoms. The Morgan fingerprint density at radius 3 is 3.23 bits per heavy atom. The van der Waals surface area contributed by atoms with E-state index in [1.807, 2.05) is 18.2 Å². The summed E-state index contributed by atoms with van der Waals surface area (Å²) in [5, 5.41) is 0. The van der Waals surface area contributed by atoms with Gasteiger partial charge in [-0.25, -0.2) is 4.90 Å². The van der Waals surface area contributed by atoms with Crippen LogP contribution in [0, 0.1) is 0 Å². The molecule has 3 rings (SSSR count). The van der Waals surface area contributed by atoms with Crippen LogP contribution in [0.15, 0.2) is 24.3 Å². The summed E-state index contributed by atoms with van der Waals surface area (Å²) in [6, 6.07) is 8.07. The van der Waals surface area contributed by atoms with E-state index in [0.717, 1.165) is 24.5 Å². The average Bonchev–Trinajstić information content (AvgIpc) is 2.65. The summed E-state index contributed by atoms with van der Waals surface area (Å²) in [7, 11) is 0. The van der Waals surface area contributed by atoms with E-state index < -0.39 is 0 Å². The summed E-state index contributed by atoms with van der Waals surface area (Å²) >= 11 is 0. The highest BCUT2D eigenvalue weighted by Crippen LogP contribution is 2.36. The predicted octanol–water partition coefficient (Wildman–Crippen LogP) is 1.37. The second kappa shape index (κ2) is 2.72. The van der Waals surface area contributed by atoms with E-state index in [9.17, 15) is 0 Å². The van der Waals surface area contributed by atoms with Crippen molar-refractivity contribution in [1.82, 2.24) is 4.90 Å². The Bertz CT molecular complexity index is 326. The van der Waals surface area contributed by atoms with Crippen LogP contribution in [0.2, 0.25) is 0 Å². The fourth-order valence-corrected chi connectivity index (χ4v) is 1.89. The Labute approximate surface area is 76.9 Å². The van der Waals surface area contributed by atoms with E-state index in [-0.39, 0.29) is 6.23 Å². The van der Waals surface area contributed by atoms with Crippen molar-refractivity contribution < 1.29 is 9.47 Å². The van der Waals surface area contributed by atoms with Gasteiger partial charge in [-0.15, -0.1) is 0 Å². The van der Waals surface area contributed by atoms with Crippen LogP contribution in [0.1, 0.15) is 11.8 Å². The third-order valence-corrected chi connectivity index (χ3v) is 2.56. The third kappa shape index (κ3) is 1.04. The summed E-state index contributed by atoms with van der Waals surface area (Å²) in [5.41, 5.74) is 1.16. The number of fused-ring (bicyclic) bond motifs is 3. The summed E-state index contributed by atoms with van der Waals surface area (Å²) in [5.74, 6) is 0.964. The third-order valence-electron chi connectivity index (χ3n) is 2.56. The van der Waals surface area contributed by atoms with Crippen LogP contribution in [0.5, 0.6) is 5.75 Å². The number of hydrogen-bond donors (Lipinski definition) is 0. The molecule has 3 nitrogen and oxygen atoms in total. The lowest BCUT2D eigenvalue weighted by molar-refractivity contribution is -0.0228. The van der Waals surface area contributed by atoms with Gasteiger partial charge in [-0.1, -0.05) is 18.2 Å². The molecule has 0 bridgehead atoms. The molecule has 1 atom stereocenters. The zero-order valence-electron chi connectivity index (χ0n) is 7.27. The molecule has 2 aliphatic heterocycles. The van der Waals surface area contributed by atoms with Crippen LogP contribution in [-0.4, -0.2) is 24.8 Å². The van der Waals surface area contributed by atoms with Crippen molar-refractivity contribution >= 4 is 0 Å². The summed E-state index contributed by atoms with van der Waals surface area (Å²) < 4.78 is 11.2. The maximum Gasteiger partial charge on any atom is 0.144 e. The van der Waals surface area contributed by atoms with Gasteiger partial charge in [0.15, 0.2) is 0 Å². The first-order valence-electron chi connectivity index (χ1n) is 4.52. The molecule has 0 N–H and O–H groups in total. The summed E-state index contributed by atoms with van der Waals surface area (Å²) in [6.45, 7) is 2.43. The fraction of sp³-hybridized carbons (Fsp3) is 0.400. The van der Waals surface area contributed by atoms with Crippen LogP contribution in [0.4, 0.5) is 0 Å². The van der Waals surface area contributed by atoms with Gasteiger partial charge in [-0.3, -0.25) is 0 Å². The van der Waals surface area contributed by atoms with Gasteiger partial charge in [0.25, 0.3) is 0 Å². The molecule has 0 saturated carbocycles. The Kier molecular flexibility index (Phi) is 1.54. The molecule has 0 amide bonds. The highest BCUT2D eigenvalue weighted by Gasteiger charge is 2.32. The molecular formula is C10H11NO2. The number of ether oxygens (including phenoxy) is 2. The molecule has 0 radical (unpaired) electrons. The minimum absolute atomic E-state index is 0.130. The van der Waals surface area contributed by atoms with Crippen LogP contribution in [0.25, 0.3) is 0 Å². The second-order valence-electron chi connectivity index (χ2n) is 3.35. The molecule has 13 heavy (non-hydrogen) atoms. The van der Waals surface area contributed by atoms with Crippen LogP contribution < -0.4 is 4.74 Å². The van der Waals surface area contributed by atoms with Crippen molar-refractivity contribution in [1.29, 1.82) is 0 Å². The Balaban J connectivity index is 2.06. The molecule has 1 aromatic rings. The Morgan fingerprint density at radius 2 is 2.23 bits per heavy atom. The van der Waals surface area contributed by atoms with E-state index in [1.54, 1.807) is 0 Å². The van der Waals surface area contributed by atoms with E-state index in [2.05, 4.69) is 11.0 Å². The zero-order valence-corrected chi connectivity index (χ0v) is 7.27. The van der Waals surface area contributed by atoms with Gasteiger partial charge < -0.3 is 9.47 Å². The van der Waals surface area contributed by atoms with E-state index in [1.165, 1.54) is 0 Å². The van der Waals surface area contributed by atoms with Crippen molar-refractivity contribution in [2.24, 2.45) is 0 Å². The van der Waals surface area contributed by atoms with Gasteiger partial charge in [-0.2, -0.15) is 0 Å². The monoisotopic (exact) mass is 177 g/mol. The molecule has 1 saturated heterocycles. The number of rotatable bonds is 0. The van der Waals surface area contributed by atoms with Crippen LogP contribution in [0.3, 0.4) is 0 Å². The van der Waals surface area contributed by atoms with Crippen LogP contribution in [-0.2, 0) is 4.74 Å². The van der Waals surface area contributed by atoms with Crippen molar-refractivity contribution in [3.8, 4) is 5.75 Å². The highest BCUT2D eigenvalue weighted by molar-refractivity contribution is 5.36. The van der Waals surface area contributed by atoms with E-state index in [0.29, 0.717) is 6.73 Å². The maximum absolute atomic E-state index is 5.63. The lowest BCUT2D eigenvalue weighted by Gasteiger charge is -2.29. The van der Waals surface area contributed by atoms with Crippen molar-refractivity contribution in [3.05, 3.63) is 29.8 Å². The van der Waals surface area contributed by atoms with E-state index in [4.69, 9.17) is 9.47 Å². The van der Waals surface area contributed by atoms with Crippen molar-refractivity contribution in [2.45, 2.75) is 6.23 Å². The minimum atomic E-state index is 0.130. The lowest BCUT2D eigenvalue weighted by atomic mass is 10.1. The number of nitrogens with zero attached hydrogens (tertiary/aromatic N) is 1. The Morgan fingerprint density at radius 1 is 1.31 bits per heavy atom. The first kappa shape index (κ1) is 7.35. The summed E-state index contributed by atoms with van der Waals surface area (Å²) in [6.07, 6.45) is 0.130. The van der Waals surface area contributed by atoms with Gasteiger partial charge in [-0.05, 0) is 6.07 Å². The van der Waals surface area contributed by atoms with E-state index >= 15 is 0 Å². The van der Waals surface area contributed by atoms with Gasteiger partial charge in [0, 0.05) is 12.1 Å². The quantitative estimate of drug-likeness (QED) is 0.597. The highest BCUT2D eigenvalue weighted by atomic mass is 16.5. The van der Waals surface area contributed by atoms with Crippen molar-refractivity contribution in [3.63, 3.8) is 0 Å². The Hall–Kier alpha value is -1.06. The molecule has 0 aliphatic carbocycles. The van der Waals surface area contributed by atoms with Gasteiger partial charge in [0.2, 0.25) is 0 Å². The number of benzene rings is 1. The molecule has 2 aliphatic rings. The van der Waals surface area contributed by atoms with Gasteiger partial charge in [0.1, 0.15) is 18.7 Å². The predicted molar refractivity (Wildman–Crippen MR) is 47.3 cm³/mol. The summed E-state index contributed by atoms with van der Waals surface area (Å²) in [4.78, 5) is 2.20. The lowest BCUT2D eigenvalue weighted by Crippen LogP contribution is -2.32. The van der Waals surface area contributed by atoms with Gasteiger partial charge >= 0.3 is 0 Å². The second-order valence-corrected chi connectivity index (χ2v) is 3.35. The van der Waals surface area contributed by atoms with Gasteiger partial charge in [0.05, 0.1) is 6.61 Å². The standard InChI is InChI=1S/C10H11NO2/c1-2-4-9-8(3-1)10-11(7-13-9)5-6-12-10/h1-4,10H,5-7H2/t10-/m0/s1. The SMILES string of the molecule is c1ccc2c(c1)OCN1CCO[C@@H]21. The average molecular weight is 177 g/mol. The first-order chi connectivity index (χ1) is 6.45. The molecule has 2 heterocycles. The molecular weight excluding hydrogens is 166 g/mol. The molecule has 1 aromatic carbocycles. The molecule has 0 aromatic heterocycles. The molecule has 0 spiro atoms. The number of para-hydroxylation sites is 1. The van der Waals surface area contributed by atoms with Crippen LogP contribution >= 0.6 is 0 Å².